The van der Waals surface area contributed by atoms with Gasteiger partial charge in [0.05, 0.1) is 12.4 Å². The van der Waals surface area contributed by atoms with Gasteiger partial charge < -0.3 is 0 Å². The first-order valence-corrected chi connectivity index (χ1v) is 4.66. The van der Waals surface area contributed by atoms with Gasteiger partial charge in [-0.2, -0.15) is 11.8 Å². The molecule has 0 N–H and O–H groups in total. The van der Waals surface area contributed by atoms with E-state index in [1.54, 1.807) is 11.8 Å². The molecular weight excluding hydrogens is 151 g/mol. The van der Waals surface area contributed by atoms with Gasteiger partial charge in [0.15, 0.2) is 0 Å². The smallest absolute Gasteiger partial charge is 0.146 e. The number of carbonyl (C=O) groups is 1. The number of hydrogen-bond donors (Lipinski definition) is 0. The summed E-state index contributed by atoms with van der Waals surface area (Å²) in [4.78, 5) is 10.9. The fourth-order valence-corrected chi connectivity index (χ4v) is 2.27. The van der Waals surface area contributed by atoms with Crippen LogP contribution in [-0.2, 0) is 4.79 Å². The second-order valence-corrected chi connectivity index (χ2v) is 3.54. The summed E-state index contributed by atoms with van der Waals surface area (Å²) in [5, 5.41) is 0. The molecule has 0 bridgehead atoms. The minimum absolute atomic E-state index is 0.167. The highest BCUT2D eigenvalue weighted by Gasteiger charge is 2.23. The van der Waals surface area contributed by atoms with Gasteiger partial charge in [0.2, 0.25) is 0 Å². The van der Waals surface area contributed by atoms with Crippen LogP contribution in [0.3, 0.4) is 0 Å². The number of Topliss-reactive ketones (excluding diaryl/α,β-unsaturated/α-hetero) is 1. The van der Waals surface area contributed by atoms with E-state index in [1.165, 1.54) is 0 Å². The molecule has 0 amide bonds. The van der Waals surface area contributed by atoms with E-state index in [9.17, 15) is 9.18 Å². The monoisotopic (exact) mass is 162 g/mol. The Balaban J connectivity index is 2.20. The predicted molar refractivity (Wildman–Crippen MR) is 41.0 cm³/mol. The Labute approximate surface area is 64.4 Å². The van der Waals surface area contributed by atoms with Crippen molar-refractivity contribution >= 4 is 17.5 Å². The number of halogens is 1. The fraction of sp³-hybridized carbons (Fsp3) is 0.857. The Hall–Kier alpha value is -0.0500. The zero-order chi connectivity index (χ0) is 7.40. The van der Waals surface area contributed by atoms with Crippen LogP contribution in [0.4, 0.5) is 4.39 Å². The van der Waals surface area contributed by atoms with Crippen LogP contribution >= 0.6 is 11.8 Å². The molecule has 0 radical (unpaired) electrons. The lowest BCUT2D eigenvalue weighted by Crippen LogP contribution is -2.10. The molecule has 0 spiro atoms. The first-order chi connectivity index (χ1) is 4.84. The van der Waals surface area contributed by atoms with Crippen LogP contribution in [0.5, 0.6) is 0 Å². The van der Waals surface area contributed by atoms with Crippen LogP contribution in [0.15, 0.2) is 0 Å². The Morgan fingerprint density at radius 2 is 2.50 bits per heavy atom. The maximum Gasteiger partial charge on any atom is 0.146 e. The molecule has 1 aliphatic heterocycles. The maximum absolute atomic E-state index is 11.7. The summed E-state index contributed by atoms with van der Waals surface area (Å²) >= 11 is 1.67. The zero-order valence-electron chi connectivity index (χ0n) is 5.81. The van der Waals surface area contributed by atoms with Gasteiger partial charge in [-0.05, 0) is 12.8 Å². The first kappa shape index (κ1) is 8.05. The number of rotatable bonds is 3. The molecule has 1 aliphatic rings. The van der Waals surface area contributed by atoms with Crippen LogP contribution < -0.4 is 0 Å². The predicted octanol–water partition coefficient (Wildman–Crippen LogP) is 1.67. The van der Waals surface area contributed by atoms with Gasteiger partial charge in [0.25, 0.3) is 0 Å². The maximum atomic E-state index is 11.7. The lowest BCUT2D eigenvalue weighted by Gasteiger charge is -2.02. The molecule has 1 saturated heterocycles. The minimum Gasteiger partial charge on any atom is -0.298 e. The van der Waals surface area contributed by atoms with E-state index >= 15 is 0 Å². The number of carbonyl (C=O) groups excluding carboxylic acids is 1. The molecule has 1 atom stereocenters. The highest BCUT2D eigenvalue weighted by atomic mass is 32.2. The van der Waals surface area contributed by atoms with E-state index in [1.807, 2.05) is 0 Å². The molecular formula is C7H11FOS. The standard InChI is InChI=1S/C7H11FOS/c8-3-1-2-6-4-10-5-7(6)9/h6H,1-5H2. The molecule has 0 aromatic rings. The van der Waals surface area contributed by atoms with Crippen molar-refractivity contribution in [3.05, 3.63) is 0 Å². The lowest BCUT2D eigenvalue weighted by atomic mass is 10.0. The molecule has 0 aromatic carbocycles. The Morgan fingerprint density at radius 3 is 3.00 bits per heavy atom. The third-order valence-corrected chi connectivity index (χ3v) is 2.83. The fourth-order valence-electron chi connectivity index (χ4n) is 1.08. The third-order valence-electron chi connectivity index (χ3n) is 1.70. The van der Waals surface area contributed by atoms with Crippen LogP contribution in [0.2, 0.25) is 0 Å². The second kappa shape index (κ2) is 3.96. The minimum atomic E-state index is -0.283. The first-order valence-electron chi connectivity index (χ1n) is 3.51. The molecule has 3 heteroatoms. The van der Waals surface area contributed by atoms with Gasteiger partial charge >= 0.3 is 0 Å². The topological polar surface area (TPSA) is 17.1 Å². The lowest BCUT2D eigenvalue weighted by molar-refractivity contribution is -0.119. The highest BCUT2D eigenvalue weighted by Crippen LogP contribution is 2.23. The third kappa shape index (κ3) is 1.97. The largest absolute Gasteiger partial charge is 0.298 e. The molecule has 10 heavy (non-hydrogen) atoms. The van der Waals surface area contributed by atoms with Crippen LogP contribution in [0.25, 0.3) is 0 Å². The van der Waals surface area contributed by atoms with Crippen molar-refractivity contribution in [3.8, 4) is 0 Å². The SMILES string of the molecule is O=C1CSCC1CCCF. The number of hydrogen-bond acceptors (Lipinski definition) is 2. The quantitative estimate of drug-likeness (QED) is 0.628. The van der Waals surface area contributed by atoms with Crippen LogP contribution in [0.1, 0.15) is 12.8 Å². The molecule has 58 valence electrons. The van der Waals surface area contributed by atoms with Gasteiger partial charge in [0, 0.05) is 11.7 Å². The molecule has 1 unspecified atom stereocenters. The van der Waals surface area contributed by atoms with Crippen molar-refractivity contribution in [3.63, 3.8) is 0 Å². The van der Waals surface area contributed by atoms with Crippen molar-refractivity contribution in [2.24, 2.45) is 5.92 Å². The molecule has 0 aromatic heterocycles. The summed E-state index contributed by atoms with van der Waals surface area (Å²) < 4.78 is 11.7. The summed E-state index contributed by atoms with van der Waals surface area (Å²) in [5.41, 5.74) is 0. The zero-order valence-corrected chi connectivity index (χ0v) is 6.62. The van der Waals surface area contributed by atoms with Gasteiger partial charge in [0.1, 0.15) is 5.78 Å². The number of ketones is 1. The van der Waals surface area contributed by atoms with E-state index in [0.29, 0.717) is 18.0 Å². The van der Waals surface area contributed by atoms with Crippen molar-refractivity contribution in [2.45, 2.75) is 12.8 Å². The molecule has 0 aliphatic carbocycles. The van der Waals surface area contributed by atoms with Gasteiger partial charge in [-0.1, -0.05) is 0 Å². The van der Waals surface area contributed by atoms with Crippen molar-refractivity contribution in [1.29, 1.82) is 0 Å². The Morgan fingerprint density at radius 1 is 1.70 bits per heavy atom. The van der Waals surface area contributed by atoms with E-state index < -0.39 is 0 Å². The normalized spacial score (nSPS) is 25.7. The van der Waals surface area contributed by atoms with E-state index in [4.69, 9.17) is 0 Å². The van der Waals surface area contributed by atoms with Gasteiger partial charge in [-0.25, -0.2) is 0 Å². The summed E-state index contributed by atoms with van der Waals surface area (Å²) in [7, 11) is 0. The average Bonchev–Trinajstić information content (AvgIpc) is 2.31. The van der Waals surface area contributed by atoms with Gasteiger partial charge in [-0.15, -0.1) is 0 Å². The second-order valence-electron chi connectivity index (χ2n) is 2.51. The summed E-state index contributed by atoms with van der Waals surface area (Å²) in [6, 6.07) is 0. The van der Waals surface area contributed by atoms with Crippen molar-refractivity contribution in [1.82, 2.24) is 0 Å². The number of thioether (sulfide) groups is 1. The van der Waals surface area contributed by atoms with E-state index in [2.05, 4.69) is 0 Å². The molecule has 1 nitrogen and oxygen atoms in total. The summed E-state index contributed by atoms with van der Waals surface area (Å²) in [6.07, 6.45) is 1.30. The molecule has 0 saturated carbocycles. The van der Waals surface area contributed by atoms with E-state index in [-0.39, 0.29) is 12.6 Å². The molecule has 1 heterocycles. The van der Waals surface area contributed by atoms with Crippen molar-refractivity contribution < 1.29 is 9.18 Å². The van der Waals surface area contributed by atoms with E-state index in [0.717, 1.165) is 12.2 Å². The highest BCUT2D eigenvalue weighted by molar-refractivity contribution is 8.00. The summed E-state index contributed by atoms with van der Waals surface area (Å²) in [5.74, 6) is 2.05. The molecule has 1 fully saturated rings. The number of alkyl halides is 1. The van der Waals surface area contributed by atoms with Crippen molar-refractivity contribution in [2.75, 3.05) is 18.2 Å². The Kier molecular flexibility index (Phi) is 3.19. The average molecular weight is 162 g/mol. The van der Waals surface area contributed by atoms with Gasteiger partial charge in [-0.3, -0.25) is 9.18 Å². The summed E-state index contributed by atoms with van der Waals surface area (Å²) in [6.45, 7) is -0.283. The van der Waals surface area contributed by atoms with Crippen LogP contribution in [0, 0.1) is 5.92 Å². The Bertz CT molecular complexity index is 127. The van der Waals surface area contributed by atoms with Crippen LogP contribution in [-0.4, -0.2) is 24.0 Å². The molecule has 1 rings (SSSR count).